The highest BCUT2D eigenvalue weighted by atomic mass is 16.5. The first kappa shape index (κ1) is 24.3. The van der Waals surface area contributed by atoms with E-state index in [0.29, 0.717) is 48.6 Å². The number of nitrogens with zero attached hydrogens (tertiary/aromatic N) is 9. The molecule has 6 rings (SSSR count). The Kier molecular flexibility index (Phi) is 6.78. The highest BCUT2D eigenvalue weighted by molar-refractivity contribution is 5.97. The van der Waals surface area contributed by atoms with E-state index in [4.69, 9.17) is 24.4 Å². The van der Waals surface area contributed by atoms with Crippen LogP contribution in [0.3, 0.4) is 0 Å². The number of carbonyl (C=O) groups excluding carboxylic acids is 1. The van der Waals surface area contributed by atoms with Gasteiger partial charge in [-0.25, -0.2) is 15.0 Å². The number of imidazole rings is 1. The molecule has 0 radical (unpaired) electrons. The zero-order chi connectivity index (χ0) is 25.4. The Balaban J connectivity index is 1.33. The van der Waals surface area contributed by atoms with Crippen LogP contribution in [0.1, 0.15) is 30.4 Å². The van der Waals surface area contributed by atoms with E-state index in [1.54, 1.807) is 10.9 Å². The van der Waals surface area contributed by atoms with E-state index in [0.717, 1.165) is 76.7 Å². The number of carbonyl (C=O) groups is 1. The molecule has 3 aliphatic rings. The zero-order valence-electron chi connectivity index (χ0n) is 21.7. The molecule has 0 bridgehead atoms. The van der Waals surface area contributed by atoms with E-state index in [-0.39, 0.29) is 5.91 Å². The molecule has 3 aromatic heterocycles. The van der Waals surface area contributed by atoms with Crippen LogP contribution in [-0.2, 0) is 23.1 Å². The first-order chi connectivity index (χ1) is 18.1. The summed E-state index contributed by atoms with van der Waals surface area (Å²) in [6, 6.07) is 0.513. The van der Waals surface area contributed by atoms with Gasteiger partial charge in [0.2, 0.25) is 5.82 Å². The molecule has 0 aliphatic carbocycles. The predicted molar refractivity (Wildman–Crippen MR) is 138 cm³/mol. The van der Waals surface area contributed by atoms with E-state index < -0.39 is 0 Å². The molecular formula is C25H35N9O3. The normalized spacial score (nSPS) is 20.2. The Hall–Kier alpha value is -3.09. The minimum Gasteiger partial charge on any atom is -0.379 e. The topological polar surface area (TPSA) is 107 Å². The molecule has 198 valence electrons. The van der Waals surface area contributed by atoms with Crippen LogP contribution in [0, 0.1) is 0 Å². The van der Waals surface area contributed by atoms with Crippen LogP contribution in [0.25, 0.3) is 22.6 Å². The third-order valence-corrected chi connectivity index (χ3v) is 7.67. The maximum Gasteiger partial charge on any atom is 0.289 e. The number of aryl methyl sites for hydroxylation is 2. The van der Waals surface area contributed by atoms with Gasteiger partial charge in [0.05, 0.1) is 38.2 Å². The van der Waals surface area contributed by atoms with E-state index in [1.807, 2.05) is 29.6 Å². The lowest BCUT2D eigenvalue weighted by Gasteiger charge is -2.39. The summed E-state index contributed by atoms with van der Waals surface area (Å²) in [6.07, 6.45) is 5.62. The molecule has 3 saturated heterocycles. The third-order valence-electron chi connectivity index (χ3n) is 7.67. The number of ether oxygens (including phenoxy) is 2. The van der Waals surface area contributed by atoms with Crippen LogP contribution in [0.2, 0.25) is 0 Å². The summed E-state index contributed by atoms with van der Waals surface area (Å²) >= 11 is 0. The van der Waals surface area contributed by atoms with Crippen molar-refractivity contribution in [1.29, 1.82) is 0 Å². The van der Waals surface area contributed by atoms with Crippen LogP contribution in [0.15, 0.2) is 12.4 Å². The molecule has 3 aromatic rings. The monoisotopic (exact) mass is 509 g/mol. The van der Waals surface area contributed by atoms with Crippen molar-refractivity contribution >= 4 is 22.9 Å². The van der Waals surface area contributed by atoms with Crippen molar-refractivity contribution in [2.24, 2.45) is 7.05 Å². The van der Waals surface area contributed by atoms with Gasteiger partial charge < -0.3 is 23.8 Å². The lowest BCUT2D eigenvalue weighted by Crippen LogP contribution is -2.50. The second-order valence-electron chi connectivity index (χ2n) is 9.90. The minimum atomic E-state index is -0.0314. The summed E-state index contributed by atoms with van der Waals surface area (Å²) in [7, 11) is 1.88. The van der Waals surface area contributed by atoms with Crippen LogP contribution in [0.4, 0.5) is 5.82 Å². The van der Waals surface area contributed by atoms with Crippen molar-refractivity contribution in [3.8, 4) is 11.4 Å². The first-order valence-electron chi connectivity index (χ1n) is 13.3. The molecule has 0 spiro atoms. The van der Waals surface area contributed by atoms with Crippen molar-refractivity contribution in [2.45, 2.75) is 32.4 Å². The fraction of sp³-hybridized carbons (Fsp3) is 0.640. The Bertz CT molecular complexity index is 1250. The van der Waals surface area contributed by atoms with Crippen molar-refractivity contribution < 1.29 is 14.3 Å². The van der Waals surface area contributed by atoms with Gasteiger partial charge in [-0.05, 0) is 19.8 Å². The summed E-state index contributed by atoms with van der Waals surface area (Å²) in [6.45, 7) is 10.3. The highest BCUT2D eigenvalue weighted by Gasteiger charge is 2.32. The van der Waals surface area contributed by atoms with Gasteiger partial charge in [-0.15, -0.1) is 0 Å². The number of fused-ring (bicyclic) bond motifs is 1. The van der Waals surface area contributed by atoms with Crippen LogP contribution < -0.4 is 4.90 Å². The van der Waals surface area contributed by atoms with Crippen molar-refractivity contribution in [1.82, 2.24) is 39.1 Å². The molecule has 3 aliphatic heterocycles. The quantitative estimate of drug-likeness (QED) is 0.498. The number of amides is 1. The summed E-state index contributed by atoms with van der Waals surface area (Å²) in [4.78, 5) is 35.2. The van der Waals surface area contributed by atoms with Crippen LogP contribution >= 0.6 is 0 Å². The van der Waals surface area contributed by atoms with E-state index in [9.17, 15) is 4.79 Å². The number of hydrogen-bond donors (Lipinski definition) is 0. The molecular weight excluding hydrogens is 474 g/mol. The Morgan fingerprint density at radius 3 is 2.32 bits per heavy atom. The predicted octanol–water partition coefficient (Wildman–Crippen LogP) is 1.02. The van der Waals surface area contributed by atoms with E-state index in [1.165, 1.54) is 0 Å². The third kappa shape index (κ3) is 4.69. The maximum absolute atomic E-state index is 13.8. The fourth-order valence-corrected chi connectivity index (χ4v) is 5.63. The number of morpholine rings is 2. The Morgan fingerprint density at radius 2 is 1.68 bits per heavy atom. The number of aromatic nitrogens is 6. The molecule has 3 fully saturated rings. The lowest BCUT2D eigenvalue weighted by molar-refractivity contribution is 0.00142. The van der Waals surface area contributed by atoms with Gasteiger partial charge in [0.25, 0.3) is 5.91 Å². The van der Waals surface area contributed by atoms with Crippen LogP contribution in [0.5, 0.6) is 0 Å². The largest absolute Gasteiger partial charge is 0.379 e. The number of anilines is 1. The number of hydrogen-bond acceptors (Lipinski definition) is 9. The smallest absolute Gasteiger partial charge is 0.289 e. The van der Waals surface area contributed by atoms with E-state index in [2.05, 4.69) is 14.9 Å². The molecule has 0 atom stereocenters. The lowest BCUT2D eigenvalue weighted by atomic mass is 10.0. The van der Waals surface area contributed by atoms with Crippen molar-refractivity contribution in [3.05, 3.63) is 18.2 Å². The van der Waals surface area contributed by atoms with Crippen LogP contribution in [-0.4, -0.2) is 117 Å². The molecule has 37 heavy (non-hydrogen) atoms. The summed E-state index contributed by atoms with van der Waals surface area (Å²) in [5, 5.41) is 4.30. The average Bonchev–Trinajstić information content (AvgIpc) is 3.56. The molecule has 0 N–H and O–H groups in total. The number of rotatable bonds is 5. The van der Waals surface area contributed by atoms with E-state index >= 15 is 0 Å². The summed E-state index contributed by atoms with van der Waals surface area (Å²) in [5.41, 5.74) is 2.19. The van der Waals surface area contributed by atoms with Gasteiger partial charge in [0.15, 0.2) is 22.8 Å². The first-order valence-corrected chi connectivity index (χ1v) is 13.3. The molecule has 12 nitrogen and oxygen atoms in total. The molecule has 0 aromatic carbocycles. The fourth-order valence-electron chi connectivity index (χ4n) is 5.63. The summed E-state index contributed by atoms with van der Waals surface area (Å²) in [5.74, 6) is 1.74. The van der Waals surface area contributed by atoms with Crippen molar-refractivity contribution in [3.63, 3.8) is 0 Å². The SMILES string of the molecule is CCn1c(C(=O)N2CCC(N3CCOCC3)CC2)nc2c(N3CCOCC3)nc(-c3cnn(C)c3)nc21. The zero-order valence-corrected chi connectivity index (χ0v) is 21.7. The molecule has 1 amide bonds. The number of likely N-dealkylation sites (tertiary alicyclic amines) is 1. The van der Waals surface area contributed by atoms with Gasteiger partial charge in [-0.2, -0.15) is 5.10 Å². The average molecular weight is 510 g/mol. The van der Waals surface area contributed by atoms with Gasteiger partial charge in [0, 0.05) is 65.1 Å². The van der Waals surface area contributed by atoms with Gasteiger partial charge in [-0.3, -0.25) is 14.4 Å². The molecule has 12 heteroatoms. The Morgan fingerprint density at radius 1 is 0.973 bits per heavy atom. The van der Waals surface area contributed by atoms with Crippen molar-refractivity contribution in [2.75, 3.05) is 70.6 Å². The minimum absolute atomic E-state index is 0.0314. The molecule has 6 heterocycles. The van der Waals surface area contributed by atoms with Gasteiger partial charge in [-0.1, -0.05) is 0 Å². The van der Waals surface area contributed by atoms with Gasteiger partial charge in [0.1, 0.15) is 0 Å². The Labute approximate surface area is 216 Å². The summed E-state index contributed by atoms with van der Waals surface area (Å²) < 4.78 is 14.8. The standard InChI is InChI=1S/C25H35N9O3/c1-3-34-23-20(22(32-10-14-37-15-11-32)28-21(29-23)18-16-26-30(2)17-18)27-24(34)25(35)33-6-4-19(5-7-33)31-8-12-36-13-9-31/h16-17,19H,3-15H2,1-2H3. The number of piperidine rings is 1. The molecule has 0 unspecified atom stereocenters. The molecule has 0 saturated carbocycles. The highest BCUT2D eigenvalue weighted by Crippen LogP contribution is 2.29. The second-order valence-corrected chi connectivity index (χ2v) is 9.90. The van der Waals surface area contributed by atoms with Gasteiger partial charge >= 0.3 is 0 Å². The maximum atomic E-state index is 13.8. The second kappa shape index (κ2) is 10.3.